The minimum atomic E-state index is -1.11. The van der Waals surface area contributed by atoms with Crippen LogP contribution in [0.25, 0.3) is 23.3 Å². The summed E-state index contributed by atoms with van der Waals surface area (Å²) < 4.78 is 5.43. The molecule has 0 saturated heterocycles. The average molecular weight is 600 g/mol. The number of carbonyl (C=O) groups excluding carboxylic acids is 3. The van der Waals surface area contributed by atoms with Gasteiger partial charge in [-0.1, -0.05) is 67.6 Å². The summed E-state index contributed by atoms with van der Waals surface area (Å²) >= 11 is 0. The van der Waals surface area contributed by atoms with Gasteiger partial charge in [-0.15, -0.1) is 0 Å². The summed E-state index contributed by atoms with van der Waals surface area (Å²) in [5.41, 5.74) is 3.94. The molecule has 3 aliphatic rings. The van der Waals surface area contributed by atoms with Crippen molar-refractivity contribution in [3.63, 3.8) is 0 Å². The van der Waals surface area contributed by atoms with E-state index in [0.717, 1.165) is 38.4 Å². The number of methoxy groups -OCH3 is 1. The maximum absolute atomic E-state index is 14.2. The monoisotopic (exact) mass is 599 g/mol. The van der Waals surface area contributed by atoms with E-state index in [-0.39, 0.29) is 30.7 Å². The van der Waals surface area contributed by atoms with Crippen molar-refractivity contribution in [2.24, 2.45) is 5.92 Å². The first-order valence-electron chi connectivity index (χ1n) is 15.1. The Morgan fingerprint density at radius 3 is 2.62 bits per heavy atom. The number of anilines is 2. The van der Waals surface area contributed by atoms with E-state index in [4.69, 9.17) is 4.74 Å². The van der Waals surface area contributed by atoms with Crippen LogP contribution in [0.2, 0.25) is 0 Å². The molecule has 1 aromatic heterocycles. The zero-order valence-corrected chi connectivity index (χ0v) is 25.4. The van der Waals surface area contributed by atoms with Gasteiger partial charge in [0.2, 0.25) is 5.91 Å². The van der Waals surface area contributed by atoms with Crippen LogP contribution in [0.3, 0.4) is 0 Å². The van der Waals surface area contributed by atoms with Crippen molar-refractivity contribution in [3.8, 4) is 16.9 Å². The van der Waals surface area contributed by atoms with Gasteiger partial charge in [0.25, 0.3) is 0 Å². The normalized spacial score (nSPS) is 19.5. The van der Waals surface area contributed by atoms with Crippen molar-refractivity contribution in [2.45, 2.75) is 25.8 Å². The van der Waals surface area contributed by atoms with Gasteiger partial charge >= 0.3 is 0 Å². The van der Waals surface area contributed by atoms with Crippen molar-refractivity contribution in [1.82, 2.24) is 15.3 Å². The molecule has 9 heteroatoms. The number of Topliss-reactive ketones (excluding diaryl/α,β-unsaturated/α-hetero) is 2. The van der Waals surface area contributed by atoms with E-state index in [1.165, 1.54) is 6.33 Å². The number of ketones is 2. The first-order chi connectivity index (χ1) is 21.8. The minimum Gasteiger partial charge on any atom is -0.496 e. The summed E-state index contributed by atoms with van der Waals surface area (Å²) in [7, 11) is 1.64. The smallest absolute Gasteiger partial charge is 0.239 e. The largest absolute Gasteiger partial charge is 0.496 e. The molecule has 2 heterocycles. The second-order valence-corrected chi connectivity index (χ2v) is 11.8. The van der Waals surface area contributed by atoms with Crippen LogP contribution in [0.4, 0.5) is 11.5 Å². The van der Waals surface area contributed by atoms with Gasteiger partial charge in [-0.05, 0) is 58.2 Å². The molecule has 45 heavy (non-hydrogen) atoms. The molecule has 226 valence electrons. The third-order valence-corrected chi connectivity index (χ3v) is 9.24. The Balaban J connectivity index is 1.20. The Labute approximate surface area is 260 Å². The van der Waals surface area contributed by atoms with Crippen LogP contribution in [-0.2, 0) is 21.5 Å². The second kappa shape index (κ2) is 11.0. The highest BCUT2D eigenvalue weighted by Gasteiger charge is 2.50. The van der Waals surface area contributed by atoms with Gasteiger partial charge < -0.3 is 19.9 Å². The van der Waals surface area contributed by atoms with Crippen LogP contribution in [0.15, 0.2) is 73.2 Å². The van der Waals surface area contributed by atoms with E-state index < -0.39 is 11.5 Å². The number of amides is 1. The molecule has 0 fully saturated rings. The Morgan fingerprint density at radius 1 is 1.02 bits per heavy atom. The molecule has 2 unspecified atom stereocenters. The number of nitrogens with one attached hydrogen (secondary N) is 1. The molecule has 2 aliphatic carbocycles. The Hall–Kier alpha value is -5.31. The number of ether oxygens (including phenoxy) is 1. The molecule has 1 N–H and O–H groups in total. The highest BCUT2D eigenvalue weighted by atomic mass is 16.5. The van der Waals surface area contributed by atoms with Crippen molar-refractivity contribution in [2.75, 3.05) is 36.7 Å². The number of hydrogen-bond acceptors (Lipinski definition) is 8. The quantitative estimate of drug-likeness (QED) is 0.346. The van der Waals surface area contributed by atoms with Crippen molar-refractivity contribution in [1.29, 1.82) is 0 Å². The predicted octanol–water partition coefficient (Wildman–Crippen LogP) is 2.99. The SMILES string of the molecule is COc1ccccc1CCNC(=O)CN1CN(C2(C)C(=O)C(C)C=c3c2ccc2c3=CC(=O)c3ccccc3-2)c2ncncc21. The van der Waals surface area contributed by atoms with Gasteiger partial charge in [-0.3, -0.25) is 14.4 Å². The molecule has 3 aromatic carbocycles. The van der Waals surface area contributed by atoms with E-state index in [9.17, 15) is 14.4 Å². The maximum atomic E-state index is 14.2. The standard InChI is InChI=1S/C36H33N5O4/c1-22-16-28-27-17-31(42)26-10-6-5-9-24(26)25(27)12-13-29(28)36(2,34(22)44)41-21-40(30-18-37-20-39-35(30)41)19-33(43)38-15-14-23-8-4-7-11-32(23)45-3/h4-13,16-18,20,22H,14-15,19,21H2,1-3H3,(H,38,43). The second-order valence-electron chi connectivity index (χ2n) is 11.8. The van der Waals surface area contributed by atoms with Crippen LogP contribution in [0, 0.1) is 5.92 Å². The topological polar surface area (TPSA) is 105 Å². The first kappa shape index (κ1) is 28.5. The van der Waals surface area contributed by atoms with E-state index in [0.29, 0.717) is 30.0 Å². The summed E-state index contributed by atoms with van der Waals surface area (Å²) in [6, 6.07) is 19.4. The van der Waals surface area contributed by atoms with Crippen LogP contribution < -0.4 is 30.3 Å². The highest BCUT2D eigenvalue weighted by molar-refractivity contribution is 6.22. The summed E-state index contributed by atoms with van der Waals surface area (Å²) in [6.07, 6.45) is 7.45. The van der Waals surface area contributed by atoms with Gasteiger partial charge in [0.15, 0.2) is 17.4 Å². The van der Waals surface area contributed by atoms with Crippen LogP contribution in [0.5, 0.6) is 5.75 Å². The van der Waals surface area contributed by atoms with E-state index in [1.807, 2.05) is 90.4 Å². The average Bonchev–Trinajstić information content (AvgIpc) is 3.42. The van der Waals surface area contributed by atoms with Gasteiger partial charge in [0.05, 0.1) is 26.5 Å². The number of para-hydroxylation sites is 1. The molecule has 4 aromatic rings. The van der Waals surface area contributed by atoms with Gasteiger partial charge in [-0.25, -0.2) is 9.97 Å². The highest BCUT2D eigenvalue weighted by Crippen LogP contribution is 2.43. The van der Waals surface area contributed by atoms with Gasteiger partial charge in [0, 0.05) is 18.0 Å². The van der Waals surface area contributed by atoms with Crippen molar-refractivity contribution in [3.05, 3.63) is 100 Å². The molecule has 2 atom stereocenters. The fourth-order valence-electron chi connectivity index (χ4n) is 6.98. The number of rotatable bonds is 7. The number of fused-ring (bicyclic) bond motifs is 6. The molecule has 0 bridgehead atoms. The first-order valence-corrected chi connectivity index (χ1v) is 15.1. The van der Waals surface area contributed by atoms with Gasteiger partial charge in [-0.2, -0.15) is 0 Å². The van der Waals surface area contributed by atoms with E-state index in [1.54, 1.807) is 19.4 Å². The van der Waals surface area contributed by atoms with Crippen LogP contribution in [0.1, 0.15) is 35.3 Å². The summed E-state index contributed by atoms with van der Waals surface area (Å²) in [5, 5.41) is 4.73. The number of benzene rings is 3. The molecule has 0 radical (unpaired) electrons. The number of nitrogens with zero attached hydrogens (tertiary/aromatic N) is 4. The Morgan fingerprint density at radius 2 is 1.80 bits per heavy atom. The minimum absolute atomic E-state index is 0.0187. The summed E-state index contributed by atoms with van der Waals surface area (Å²) in [6.45, 7) is 4.61. The number of hydrogen-bond donors (Lipinski definition) is 1. The Kier molecular flexibility index (Phi) is 6.96. The molecular formula is C36H33N5O4. The van der Waals surface area contributed by atoms with Crippen molar-refractivity contribution >= 4 is 41.1 Å². The lowest BCUT2D eigenvalue weighted by molar-refractivity contribution is -0.126. The molecule has 9 nitrogen and oxygen atoms in total. The Bertz CT molecular complexity index is 2010. The molecule has 1 amide bonds. The van der Waals surface area contributed by atoms with Gasteiger partial charge in [0.1, 0.15) is 23.3 Å². The van der Waals surface area contributed by atoms with E-state index in [2.05, 4.69) is 15.3 Å². The van der Waals surface area contributed by atoms with Crippen LogP contribution in [-0.4, -0.2) is 54.3 Å². The number of carbonyl (C=O) groups is 3. The maximum Gasteiger partial charge on any atom is 0.239 e. The lowest BCUT2D eigenvalue weighted by Crippen LogP contribution is -2.59. The zero-order valence-electron chi connectivity index (χ0n) is 25.4. The van der Waals surface area contributed by atoms with Crippen molar-refractivity contribution < 1.29 is 19.1 Å². The fraction of sp³-hybridized carbons (Fsp3) is 0.250. The molecule has 0 saturated carbocycles. The predicted molar refractivity (Wildman–Crippen MR) is 172 cm³/mol. The third-order valence-electron chi connectivity index (χ3n) is 9.24. The lowest BCUT2D eigenvalue weighted by Gasteiger charge is -2.42. The summed E-state index contributed by atoms with van der Waals surface area (Å²) in [4.78, 5) is 53.3. The molecule has 0 spiro atoms. The molecular weight excluding hydrogens is 566 g/mol. The molecule has 7 rings (SSSR count). The fourth-order valence-corrected chi connectivity index (χ4v) is 6.98. The third kappa shape index (κ3) is 4.58. The number of aromatic nitrogens is 2. The van der Waals surface area contributed by atoms with Crippen LogP contribution >= 0.6 is 0 Å². The molecule has 1 aliphatic heterocycles. The van der Waals surface area contributed by atoms with E-state index >= 15 is 0 Å². The zero-order chi connectivity index (χ0) is 31.3. The summed E-state index contributed by atoms with van der Waals surface area (Å²) in [5.74, 6) is 0.791. The lowest BCUT2D eigenvalue weighted by atomic mass is 9.73.